The van der Waals surface area contributed by atoms with Crippen molar-refractivity contribution >= 4 is 5.96 Å². The monoisotopic (exact) mass is 310 g/mol. The summed E-state index contributed by atoms with van der Waals surface area (Å²) in [5.41, 5.74) is 0.850. The molecule has 1 aromatic heterocycles. The summed E-state index contributed by atoms with van der Waals surface area (Å²) in [7, 11) is 1.75. The Balaban J connectivity index is 1.47. The molecule has 1 aliphatic heterocycles. The lowest BCUT2D eigenvalue weighted by Crippen LogP contribution is -2.37. The number of ether oxygens (including phenoxy) is 2. The second kappa shape index (κ2) is 10.2. The fourth-order valence-corrected chi connectivity index (χ4v) is 2.27. The van der Waals surface area contributed by atoms with Crippen molar-refractivity contribution in [3.05, 3.63) is 18.0 Å². The summed E-state index contributed by atoms with van der Waals surface area (Å²) < 4.78 is 15.8. The molecule has 0 saturated carbocycles. The first kappa shape index (κ1) is 16.8. The molecule has 0 amide bonds. The molecule has 0 aromatic carbocycles. The molecule has 124 valence electrons. The van der Waals surface area contributed by atoms with Crippen LogP contribution in [0.25, 0.3) is 0 Å². The third kappa shape index (κ3) is 6.44. The van der Waals surface area contributed by atoms with Crippen molar-refractivity contribution in [3.8, 4) is 0 Å². The first-order valence-corrected chi connectivity index (χ1v) is 7.87. The molecule has 0 bridgehead atoms. The summed E-state index contributed by atoms with van der Waals surface area (Å²) in [4.78, 5) is 4.16. The summed E-state index contributed by atoms with van der Waals surface area (Å²) in [5.74, 6) is 1.42. The third-order valence-corrected chi connectivity index (χ3v) is 3.60. The van der Waals surface area contributed by atoms with Gasteiger partial charge in [-0.25, -0.2) is 0 Å². The zero-order chi connectivity index (χ0) is 15.5. The molecule has 7 heteroatoms. The lowest BCUT2D eigenvalue weighted by atomic mass is 10.0. The van der Waals surface area contributed by atoms with E-state index in [9.17, 15) is 0 Å². The third-order valence-electron chi connectivity index (χ3n) is 3.60. The second-order valence-corrected chi connectivity index (χ2v) is 5.33. The number of rotatable bonds is 8. The summed E-state index contributed by atoms with van der Waals surface area (Å²) in [5, 5.41) is 10.3. The average Bonchev–Trinajstić information content (AvgIpc) is 3.08. The zero-order valence-electron chi connectivity index (χ0n) is 13.2. The van der Waals surface area contributed by atoms with Gasteiger partial charge in [0.1, 0.15) is 12.0 Å². The van der Waals surface area contributed by atoms with E-state index in [0.29, 0.717) is 12.5 Å². The minimum absolute atomic E-state index is 0.594. The number of hydrogen-bond acceptors (Lipinski definition) is 5. The van der Waals surface area contributed by atoms with Crippen molar-refractivity contribution in [2.45, 2.75) is 25.8 Å². The maximum Gasteiger partial charge on any atom is 0.191 e. The minimum Gasteiger partial charge on any atom is -0.381 e. The van der Waals surface area contributed by atoms with Gasteiger partial charge in [-0.15, -0.1) is 0 Å². The van der Waals surface area contributed by atoms with Crippen LogP contribution in [-0.4, -0.2) is 51.1 Å². The molecule has 1 aromatic rings. The Kier molecular flexibility index (Phi) is 7.76. The van der Waals surface area contributed by atoms with Crippen molar-refractivity contribution in [1.29, 1.82) is 0 Å². The Hall–Kier alpha value is -1.60. The summed E-state index contributed by atoms with van der Waals surface area (Å²) in [6.07, 6.45) is 4.75. The summed E-state index contributed by atoms with van der Waals surface area (Å²) >= 11 is 0. The lowest BCUT2D eigenvalue weighted by molar-refractivity contribution is 0.0203. The second-order valence-electron chi connectivity index (χ2n) is 5.33. The maximum absolute atomic E-state index is 5.73. The molecular formula is C15H26N4O3. The Morgan fingerprint density at radius 1 is 1.41 bits per heavy atom. The molecule has 7 nitrogen and oxygen atoms in total. The first-order chi connectivity index (χ1) is 10.9. The Morgan fingerprint density at radius 2 is 2.27 bits per heavy atom. The van der Waals surface area contributed by atoms with Crippen LogP contribution < -0.4 is 10.6 Å². The van der Waals surface area contributed by atoms with Gasteiger partial charge in [-0.05, 0) is 25.2 Å². The molecule has 0 spiro atoms. The molecule has 1 aliphatic rings. The SMILES string of the molecule is CN=C(NCCCOCC1CCOCC1)NCc1ccon1. The molecule has 2 heterocycles. The van der Waals surface area contributed by atoms with Crippen molar-refractivity contribution in [2.75, 3.05) is 40.0 Å². The molecule has 1 saturated heterocycles. The predicted octanol–water partition coefficient (Wildman–Crippen LogP) is 1.17. The molecule has 0 radical (unpaired) electrons. The van der Waals surface area contributed by atoms with E-state index in [4.69, 9.17) is 14.0 Å². The van der Waals surface area contributed by atoms with Crippen molar-refractivity contribution in [1.82, 2.24) is 15.8 Å². The lowest BCUT2D eigenvalue weighted by Gasteiger charge is -2.21. The van der Waals surface area contributed by atoms with Gasteiger partial charge in [-0.2, -0.15) is 0 Å². The normalized spacial score (nSPS) is 16.7. The highest BCUT2D eigenvalue weighted by atomic mass is 16.5. The highest BCUT2D eigenvalue weighted by molar-refractivity contribution is 5.79. The summed E-state index contributed by atoms with van der Waals surface area (Å²) in [6.45, 7) is 4.79. The van der Waals surface area contributed by atoms with E-state index in [0.717, 1.165) is 63.9 Å². The van der Waals surface area contributed by atoms with Gasteiger partial charge in [0.25, 0.3) is 0 Å². The number of aliphatic imine (C=N–C) groups is 1. The minimum atomic E-state index is 0.594. The van der Waals surface area contributed by atoms with Crippen LogP contribution >= 0.6 is 0 Å². The van der Waals surface area contributed by atoms with Crippen LogP contribution in [0.3, 0.4) is 0 Å². The van der Waals surface area contributed by atoms with Crippen molar-refractivity contribution in [3.63, 3.8) is 0 Å². The maximum atomic E-state index is 5.73. The van der Waals surface area contributed by atoms with Crippen LogP contribution in [0.15, 0.2) is 21.8 Å². The van der Waals surface area contributed by atoms with Crippen LogP contribution in [-0.2, 0) is 16.0 Å². The Morgan fingerprint density at radius 3 is 3.00 bits per heavy atom. The Bertz CT molecular complexity index is 416. The van der Waals surface area contributed by atoms with Gasteiger partial charge in [0.2, 0.25) is 0 Å². The molecule has 2 N–H and O–H groups in total. The van der Waals surface area contributed by atoms with Crippen LogP contribution in [0.5, 0.6) is 0 Å². The van der Waals surface area contributed by atoms with Crippen LogP contribution in [0.4, 0.5) is 0 Å². The number of aromatic nitrogens is 1. The summed E-state index contributed by atoms with van der Waals surface area (Å²) in [6, 6.07) is 1.82. The zero-order valence-corrected chi connectivity index (χ0v) is 13.2. The smallest absolute Gasteiger partial charge is 0.191 e. The van der Waals surface area contributed by atoms with E-state index >= 15 is 0 Å². The quantitative estimate of drug-likeness (QED) is 0.426. The molecule has 22 heavy (non-hydrogen) atoms. The number of nitrogens with one attached hydrogen (secondary N) is 2. The molecule has 0 aliphatic carbocycles. The van der Waals surface area contributed by atoms with E-state index in [2.05, 4.69) is 20.8 Å². The van der Waals surface area contributed by atoms with Crippen molar-refractivity contribution in [2.24, 2.45) is 10.9 Å². The molecule has 0 atom stereocenters. The van der Waals surface area contributed by atoms with Gasteiger partial charge < -0.3 is 24.6 Å². The van der Waals surface area contributed by atoms with Gasteiger partial charge in [-0.1, -0.05) is 5.16 Å². The molecule has 2 rings (SSSR count). The molecule has 0 unspecified atom stereocenters. The van der Waals surface area contributed by atoms with Crippen LogP contribution in [0.1, 0.15) is 25.0 Å². The largest absolute Gasteiger partial charge is 0.381 e. The van der Waals surface area contributed by atoms with E-state index in [1.165, 1.54) is 0 Å². The number of guanidine groups is 1. The van der Waals surface area contributed by atoms with E-state index in [1.54, 1.807) is 13.3 Å². The van der Waals surface area contributed by atoms with Gasteiger partial charge >= 0.3 is 0 Å². The molecular weight excluding hydrogens is 284 g/mol. The standard InChI is InChI=1S/C15H26N4O3/c1-16-15(18-11-14-5-10-22-19-14)17-6-2-7-21-12-13-3-8-20-9-4-13/h5,10,13H,2-4,6-9,11-12H2,1H3,(H2,16,17,18). The van der Waals surface area contributed by atoms with E-state index in [1.807, 2.05) is 6.07 Å². The van der Waals surface area contributed by atoms with Crippen LogP contribution in [0.2, 0.25) is 0 Å². The Labute approximate surface area is 131 Å². The van der Waals surface area contributed by atoms with E-state index in [-0.39, 0.29) is 0 Å². The topological polar surface area (TPSA) is 80.9 Å². The van der Waals surface area contributed by atoms with Gasteiger partial charge in [0, 0.05) is 46.1 Å². The highest BCUT2D eigenvalue weighted by Gasteiger charge is 2.13. The number of hydrogen-bond donors (Lipinski definition) is 2. The highest BCUT2D eigenvalue weighted by Crippen LogP contribution is 2.14. The first-order valence-electron chi connectivity index (χ1n) is 7.87. The number of nitrogens with zero attached hydrogens (tertiary/aromatic N) is 2. The fraction of sp³-hybridized carbons (Fsp3) is 0.733. The molecule has 1 fully saturated rings. The van der Waals surface area contributed by atoms with Crippen LogP contribution in [0, 0.1) is 5.92 Å². The van der Waals surface area contributed by atoms with E-state index < -0.39 is 0 Å². The van der Waals surface area contributed by atoms with Gasteiger partial charge in [0.15, 0.2) is 5.96 Å². The average molecular weight is 310 g/mol. The predicted molar refractivity (Wildman–Crippen MR) is 83.7 cm³/mol. The fourth-order valence-electron chi connectivity index (χ4n) is 2.27. The van der Waals surface area contributed by atoms with Gasteiger partial charge in [0.05, 0.1) is 6.54 Å². The van der Waals surface area contributed by atoms with Crippen molar-refractivity contribution < 1.29 is 14.0 Å². The van der Waals surface area contributed by atoms with Gasteiger partial charge in [-0.3, -0.25) is 4.99 Å².